The summed E-state index contributed by atoms with van der Waals surface area (Å²) in [5.41, 5.74) is 6.91. The van der Waals surface area contributed by atoms with Gasteiger partial charge >= 0.3 is 0 Å². The highest BCUT2D eigenvalue weighted by Crippen LogP contribution is 2.32. The number of nitriles is 1. The molecule has 0 saturated carbocycles. The van der Waals surface area contributed by atoms with Crippen LogP contribution in [-0.2, 0) is 4.74 Å². The second-order valence-corrected chi connectivity index (χ2v) is 4.23. The van der Waals surface area contributed by atoms with Crippen LogP contribution < -0.4 is 5.73 Å². The molecule has 2 N–H and O–H groups in total. The average Bonchev–Trinajstić information content (AvgIpc) is 3.07. The Kier molecular flexibility index (Phi) is 2.85. The number of ether oxygens (including phenoxy) is 1. The van der Waals surface area contributed by atoms with Gasteiger partial charge in [-0.05, 0) is 12.8 Å². The Balaban J connectivity index is 2.10. The van der Waals surface area contributed by atoms with Gasteiger partial charge in [0.05, 0.1) is 6.20 Å². The number of hydrogen-bond acceptors (Lipinski definition) is 6. The predicted molar refractivity (Wildman–Crippen MR) is 66.2 cm³/mol. The summed E-state index contributed by atoms with van der Waals surface area (Å²) in [7, 11) is 0. The second-order valence-electron chi connectivity index (χ2n) is 4.23. The molecule has 2 aromatic heterocycles. The molecular formula is C12H12N6O. The van der Waals surface area contributed by atoms with Crippen LogP contribution in [0.3, 0.4) is 0 Å². The van der Waals surface area contributed by atoms with E-state index in [0.717, 1.165) is 12.8 Å². The molecule has 1 aliphatic heterocycles. The minimum Gasteiger partial charge on any atom is -0.382 e. The lowest BCUT2D eigenvalue weighted by Crippen LogP contribution is -2.05. The zero-order chi connectivity index (χ0) is 13.2. The lowest BCUT2D eigenvalue weighted by atomic mass is 10.1. The predicted octanol–water partition coefficient (Wildman–Crippen LogP) is 0.968. The van der Waals surface area contributed by atoms with Crippen molar-refractivity contribution < 1.29 is 4.74 Å². The topological polar surface area (TPSA) is 103 Å². The number of nitrogen functional groups attached to an aromatic ring is 1. The molecule has 3 rings (SSSR count). The SMILES string of the molecule is N#Cc1c([C@H]2CCCO2)nn(-c2cnccn2)c1N. The molecule has 7 heteroatoms. The number of nitrogens with zero attached hydrogens (tertiary/aromatic N) is 5. The van der Waals surface area contributed by atoms with Gasteiger partial charge in [0.15, 0.2) is 5.82 Å². The number of rotatable bonds is 2. The first-order valence-electron chi connectivity index (χ1n) is 5.97. The van der Waals surface area contributed by atoms with Crippen LogP contribution in [0.5, 0.6) is 0 Å². The number of aromatic nitrogens is 4. The Morgan fingerprint density at radius 3 is 3.00 bits per heavy atom. The van der Waals surface area contributed by atoms with Gasteiger partial charge in [0, 0.05) is 19.0 Å². The van der Waals surface area contributed by atoms with Crippen LogP contribution in [0.2, 0.25) is 0 Å². The van der Waals surface area contributed by atoms with Crippen LogP contribution in [0.25, 0.3) is 5.82 Å². The minimum absolute atomic E-state index is 0.158. The largest absolute Gasteiger partial charge is 0.382 e. The summed E-state index contributed by atoms with van der Waals surface area (Å²) in [5.74, 6) is 0.759. The van der Waals surface area contributed by atoms with E-state index in [1.54, 1.807) is 18.6 Å². The Hall–Kier alpha value is -2.46. The number of nitrogens with two attached hydrogens (primary N) is 1. The molecule has 0 bridgehead atoms. The molecule has 0 aromatic carbocycles. The van der Waals surface area contributed by atoms with Gasteiger partial charge in [0.1, 0.15) is 29.2 Å². The Morgan fingerprint density at radius 2 is 2.37 bits per heavy atom. The van der Waals surface area contributed by atoms with Crippen molar-refractivity contribution in [2.45, 2.75) is 18.9 Å². The fourth-order valence-corrected chi connectivity index (χ4v) is 2.16. The van der Waals surface area contributed by atoms with Crippen LogP contribution in [0, 0.1) is 11.3 Å². The van der Waals surface area contributed by atoms with Gasteiger partial charge in [-0.3, -0.25) is 4.98 Å². The normalized spacial score (nSPS) is 18.4. The molecule has 1 fully saturated rings. The minimum atomic E-state index is -0.158. The van der Waals surface area contributed by atoms with Crippen molar-refractivity contribution in [1.29, 1.82) is 5.26 Å². The molecule has 96 valence electrons. The van der Waals surface area contributed by atoms with E-state index in [9.17, 15) is 5.26 Å². The van der Waals surface area contributed by atoms with Gasteiger partial charge in [0.2, 0.25) is 0 Å². The lowest BCUT2D eigenvalue weighted by Gasteiger charge is -2.05. The molecule has 0 unspecified atom stereocenters. The van der Waals surface area contributed by atoms with Gasteiger partial charge in [-0.1, -0.05) is 0 Å². The van der Waals surface area contributed by atoms with Crippen molar-refractivity contribution in [1.82, 2.24) is 19.7 Å². The van der Waals surface area contributed by atoms with E-state index < -0.39 is 0 Å². The van der Waals surface area contributed by atoms with Crippen molar-refractivity contribution in [3.8, 4) is 11.9 Å². The Bertz CT molecular complexity index is 624. The number of hydrogen-bond donors (Lipinski definition) is 1. The lowest BCUT2D eigenvalue weighted by molar-refractivity contribution is 0.108. The van der Waals surface area contributed by atoms with Crippen LogP contribution in [0.1, 0.15) is 30.2 Å². The van der Waals surface area contributed by atoms with E-state index in [2.05, 4.69) is 21.1 Å². The van der Waals surface area contributed by atoms with Crippen molar-refractivity contribution in [2.24, 2.45) is 0 Å². The van der Waals surface area contributed by atoms with Crippen molar-refractivity contribution in [2.75, 3.05) is 12.3 Å². The highest BCUT2D eigenvalue weighted by molar-refractivity contribution is 5.55. The van der Waals surface area contributed by atoms with E-state index >= 15 is 0 Å². The summed E-state index contributed by atoms with van der Waals surface area (Å²) < 4.78 is 7.00. The van der Waals surface area contributed by atoms with Gasteiger partial charge < -0.3 is 10.5 Å². The molecule has 2 aromatic rings. The molecule has 3 heterocycles. The monoisotopic (exact) mass is 256 g/mol. The summed E-state index contributed by atoms with van der Waals surface area (Å²) >= 11 is 0. The molecule has 0 amide bonds. The van der Waals surface area contributed by atoms with Crippen LogP contribution in [0.4, 0.5) is 5.82 Å². The van der Waals surface area contributed by atoms with E-state index in [0.29, 0.717) is 23.7 Å². The Labute approximate surface area is 109 Å². The van der Waals surface area contributed by atoms with Crippen LogP contribution >= 0.6 is 0 Å². The maximum absolute atomic E-state index is 9.24. The fourth-order valence-electron chi connectivity index (χ4n) is 2.16. The zero-order valence-electron chi connectivity index (χ0n) is 10.2. The first-order valence-corrected chi connectivity index (χ1v) is 5.97. The second kappa shape index (κ2) is 4.66. The zero-order valence-corrected chi connectivity index (χ0v) is 10.2. The third kappa shape index (κ3) is 1.92. The van der Waals surface area contributed by atoms with E-state index in [4.69, 9.17) is 10.5 Å². The molecule has 0 spiro atoms. The summed E-state index contributed by atoms with van der Waals surface area (Å²) in [4.78, 5) is 8.10. The van der Waals surface area contributed by atoms with Crippen LogP contribution in [-0.4, -0.2) is 26.4 Å². The molecule has 7 nitrogen and oxygen atoms in total. The summed E-state index contributed by atoms with van der Waals surface area (Å²) in [6, 6.07) is 2.09. The third-order valence-electron chi connectivity index (χ3n) is 3.06. The average molecular weight is 256 g/mol. The van der Waals surface area contributed by atoms with E-state index in [1.165, 1.54) is 4.68 Å². The summed E-state index contributed by atoms with van der Waals surface area (Å²) in [5, 5.41) is 13.6. The van der Waals surface area contributed by atoms with Gasteiger partial charge in [-0.2, -0.15) is 15.0 Å². The molecule has 0 aliphatic carbocycles. The van der Waals surface area contributed by atoms with Crippen molar-refractivity contribution >= 4 is 5.82 Å². The maximum Gasteiger partial charge on any atom is 0.174 e. The molecule has 19 heavy (non-hydrogen) atoms. The highest BCUT2D eigenvalue weighted by Gasteiger charge is 2.27. The van der Waals surface area contributed by atoms with E-state index in [1.807, 2.05) is 0 Å². The van der Waals surface area contributed by atoms with Crippen molar-refractivity contribution in [3.05, 3.63) is 29.8 Å². The highest BCUT2D eigenvalue weighted by atomic mass is 16.5. The molecule has 1 atom stereocenters. The molecular weight excluding hydrogens is 244 g/mol. The molecule has 1 aliphatic rings. The maximum atomic E-state index is 9.24. The fraction of sp³-hybridized carbons (Fsp3) is 0.333. The summed E-state index contributed by atoms with van der Waals surface area (Å²) in [6.07, 6.45) is 6.32. The quantitative estimate of drug-likeness (QED) is 0.858. The van der Waals surface area contributed by atoms with Gasteiger partial charge in [-0.15, -0.1) is 0 Å². The summed E-state index contributed by atoms with van der Waals surface area (Å²) in [6.45, 7) is 0.688. The first kappa shape index (κ1) is 11.6. The Morgan fingerprint density at radius 1 is 1.47 bits per heavy atom. The van der Waals surface area contributed by atoms with Crippen LogP contribution in [0.15, 0.2) is 18.6 Å². The van der Waals surface area contributed by atoms with Crippen molar-refractivity contribution in [3.63, 3.8) is 0 Å². The smallest absolute Gasteiger partial charge is 0.174 e. The van der Waals surface area contributed by atoms with Gasteiger partial charge in [0.25, 0.3) is 0 Å². The van der Waals surface area contributed by atoms with E-state index in [-0.39, 0.29) is 11.9 Å². The molecule has 1 saturated heterocycles. The third-order valence-corrected chi connectivity index (χ3v) is 3.06. The first-order chi connectivity index (χ1) is 9.31. The standard InChI is InChI=1S/C12H12N6O/c13-6-8-11(9-2-1-5-19-9)17-18(12(8)14)10-7-15-3-4-16-10/h3-4,7,9H,1-2,5,14H2/t9-/m1/s1. The molecule has 0 radical (unpaired) electrons. The number of anilines is 1. The van der Waals surface area contributed by atoms with Gasteiger partial charge in [-0.25, -0.2) is 4.98 Å².